The molecular formula is C22H24F3N5OS. The second-order valence-corrected chi connectivity index (χ2v) is 8.55. The van der Waals surface area contributed by atoms with E-state index in [1.165, 1.54) is 18.4 Å². The van der Waals surface area contributed by atoms with Gasteiger partial charge in [-0.3, -0.25) is 9.78 Å². The molecular weight excluding hydrogens is 439 g/mol. The number of hydrogen-bond donors (Lipinski definition) is 2. The molecule has 0 atom stereocenters. The quantitative estimate of drug-likeness (QED) is 0.357. The fraction of sp³-hybridized carbons (Fsp3) is 0.364. The lowest BCUT2D eigenvalue weighted by Crippen LogP contribution is -2.42. The van der Waals surface area contributed by atoms with Gasteiger partial charge < -0.3 is 11.1 Å². The average molecular weight is 464 g/mol. The van der Waals surface area contributed by atoms with Crippen LogP contribution < -0.4 is 11.1 Å². The van der Waals surface area contributed by atoms with Crippen LogP contribution in [0, 0.1) is 0 Å². The van der Waals surface area contributed by atoms with Crippen LogP contribution in [0.15, 0.2) is 54.4 Å². The number of carbonyl (C=O) groups excluding carboxylic acids is 1. The first-order chi connectivity index (χ1) is 15.3. The van der Waals surface area contributed by atoms with Crippen LogP contribution >= 0.6 is 11.3 Å². The summed E-state index contributed by atoms with van der Waals surface area (Å²) < 4.78 is 40.7. The van der Waals surface area contributed by atoms with E-state index in [4.69, 9.17) is 5.73 Å². The number of halogens is 3. The molecule has 1 aliphatic rings. The Labute approximate surface area is 188 Å². The molecule has 0 aromatic carbocycles. The van der Waals surface area contributed by atoms with E-state index < -0.39 is 22.7 Å². The van der Waals surface area contributed by atoms with Crippen molar-refractivity contribution in [2.24, 2.45) is 10.7 Å². The van der Waals surface area contributed by atoms with Gasteiger partial charge in [0.25, 0.3) is 5.91 Å². The number of pyridine rings is 1. The van der Waals surface area contributed by atoms with E-state index in [-0.39, 0.29) is 22.8 Å². The number of aromatic nitrogens is 2. The van der Waals surface area contributed by atoms with Gasteiger partial charge in [0.05, 0.1) is 0 Å². The van der Waals surface area contributed by atoms with Crippen molar-refractivity contribution in [2.75, 3.05) is 6.54 Å². The number of aliphatic imine (C=N–C) groups is 1. The normalized spacial score (nSPS) is 16.8. The van der Waals surface area contributed by atoms with Gasteiger partial charge in [0.1, 0.15) is 4.88 Å². The molecule has 0 bridgehead atoms. The SMILES string of the molecule is C=C/C=C\N=C(N)c1nc(C(F)(F)F)c(C(=O)NCC2(c3cccnc3)CCCCC2)s1. The highest BCUT2D eigenvalue weighted by atomic mass is 32.1. The first kappa shape index (κ1) is 23.6. The molecule has 6 nitrogen and oxygen atoms in total. The van der Waals surface area contributed by atoms with Crippen molar-refractivity contribution in [2.45, 2.75) is 43.7 Å². The zero-order valence-corrected chi connectivity index (χ0v) is 18.2. The molecule has 1 saturated carbocycles. The maximum atomic E-state index is 13.6. The largest absolute Gasteiger partial charge is 0.435 e. The lowest BCUT2D eigenvalue weighted by atomic mass is 9.70. The summed E-state index contributed by atoms with van der Waals surface area (Å²) in [5, 5.41) is 2.55. The third kappa shape index (κ3) is 5.42. The van der Waals surface area contributed by atoms with E-state index in [9.17, 15) is 18.0 Å². The molecule has 0 radical (unpaired) electrons. The maximum absolute atomic E-state index is 13.6. The zero-order valence-electron chi connectivity index (χ0n) is 17.4. The molecule has 0 unspecified atom stereocenters. The Morgan fingerprint density at radius 1 is 1.34 bits per heavy atom. The number of nitrogens with zero attached hydrogens (tertiary/aromatic N) is 3. The van der Waals surface area contributed by atoms with Crippen molar-refractivity contribution >= 4 is 23.1 Å². The summed E-state index contributed by atoms with van der Waals surface area (Å²) in [5.41, 5.74) is 5.11. The van der Waals surface area contributed by atoms with Crippen LogP contribution in [-0.4, -0.2) is 28.3 Å². The molecule has 0 spiro atoms. The van der Waals surface area contributed by atoms with Gasteiger partial charge >= 0.3 is 6.18 Å². The number of nitrogens with two attached hydrogens (primary N) is 1. The predicted molar refractivity (Wildman–Crippen MR) is 119 cm³/mol. The van der Waals surface area contributed by atoms with Crippen LogP contribution in [-0.2, 0) is 11.6 Å². The predicted octanol–water partition coefficient (Wildman–Crippen LogP) is 4.59. The van der Waals surface area contributed by atoms with E-state index >= 15 is 0 Å². The number of amidine groups is 1. The number of amides is 1. The van der Waals surface area contributed by atoms with Crippen LogP contribution in [0.25, 0.3) is 0 Å². The molecule has 2 aromatic rings. The van der Waals surface area contributed by atoms with Gasteiger partial charge in [0.15, 0.2) is 16.5 Å². The monoisotopic (exact) mass is 463 g/mol. The summed E-state index contributed by atoms with van der Waals surface area (Å²) in [7, 11) is 0. The second kappa shape index (κ2) is 10.1. The van der Waals surface area contributed by atoms with Crippen LogP contribution in [0.4, 0.5) is 13.2 Å². The number of carbonyl (C=O) groups is 1. The molecule has 1 fully saturated rings. The van der Waals surface area contributed by atoms with Gasteiger partial charge in [0.2, 0.25) is 0 Å². The molecule has 170 valence electrons. The molecule has 0 aliphatic heterocycles. The Morgan fingerprint density at radius 3 is 2.72 bits per heavy atom. The fourth-order valence-electron chi connectivity index (χ4n) is 3.82. The Balaban J connectivity index is 1.87. The van der Waals surface area contributed by atoms with Gasteiger partial charge in [-0.1, -0.05) is 38.0 Å². The highest BCUT2D eigenvalue weighted by molar-refractivity contribution is 7.15. The molecule has 0 saturated heterocycles. The lowest BCUT2D eigenvalue weighted by molar-refractivity contribution is -0.141. The van der Waals surface area contributed by atoms with Gasteiger partial charge in [0, 0.05) is 30.6 Å². The van der Waals surface area contributed by atoms with Crippen LogP contribution in [0.2, 0.25) is 0 Å². The molecule has 1 aliphatic carbocycles. The summed E-state index contributed by atoms with van der Waals surface area (Å²) in [5.74, 6) is -1.04. The van der Waals surface area contributed by atoms with Crippen molar-refractivity contribution in [3.05, 3.63) is 70.6 Å². The van der Waals surface area contributed by atoms with E-state index in [0.717, 1.165) is 37.7 Å². The van der Waals surface area contributed by atoms with Crippen molar-refractivity contribution in [1.29, 1.82) is 0 Å². The van der Waals surface area contributed by atoms with Crippen LogP contribution in [0.5, 0.6) is 0 Å². The van der Waals surface area contributed by atoms with Gasteiger partial charge in [-0.05, 0) is 30.5 Å². The first-order valence-corrected chi connectivity index (χ1v) is 11.0. The van der Waals surface area contributed by atoms with E-state index in [0.29, 0.717) is 11.3 Å². The summed E-state index contributed by atoms with van der Waals surface area (Å²) in [4.78, 5) is 23.9. The van der Waals surface area contributed by atoms with Crippen molar-refractivity contribution in [3.8, 4) is 0 Å². The third-order valence-electron chi connectivity index (χ3n) is 5.43. The minimum atomic E-state index is -4.80. The smallest absolute Gasteiger partial charge is 0.381 e. The Kier molecular flexibility index (Phi) is 7.44. The van der Waals surface area contributed by atoms with Gasteiger partial charge in [-0.25, -0.2) is 9.98 Å². The Hall–Kier alpha value is -3.01. The van der Waals surface area contributed by atoms with Crippen molar-refractivity contribution < 1.29 is 18.0 Å². The number of rotatable bonds is 7. The fourth-order valence-corrected chi connectivity index (χ4v) is 4.73. The lowest BCUT2D eigenvalue weighted by Gasteiger charge is -2.37. The summed E-state index contributed by atoms with van der Waals surface area (Å²) in [6.07, 6.45) is 7.54. The van der Waals surface area contributed by atoms with E-state index in [1.54, 1.807) is 12.4 Å². The minimum absolute atomic E-state index is 0.171. The number of thiazole rings is 1. The zero-order chi connectivity index (χ0) is 23.2. The number of nitrogens with one attached hydrogen (secondary N) is 1. The van der Waals surface area contributed by atoms with Crippen LogP contribution in [0.3, 0.4) is 0 Å². The van der Waals surface area contributed by atoms with Gasteiger partial charge in [-0.2, -0.15) is 13.2 Å². The van der Waals surface area contributed by atoms with E-state index in [2.05, 4.69) is 26.9 Å². The highest BCUT2D eigenvalue weighted by Gasteiger charge is 2.41. The molecule has 1 amide bonds. The standard InChI is InChI=1S/C22H24F3N5OS/c1-2-3-12-28-18(26)20-30-17(22(23,24)25)16(32-20)19(31)29-14-21(9-5-4-6-10-21)15-8-7-11-27-13-15/h2-3,7-8,11-13H,1,4-6,9-10,14H2,(H2,26,28)(H,29,31)/b12-3-. The van der Waals surface area contributed by atoms with Crippen molar-refractivity contribution in [3.63, 3.8) is 0 Å². The maximum Gasteiger partial charge on any atom is 0.435 e. The van der Waals surface area contributed by atoms with E-state index in [1.807, 2.05) is 12.1 Å². The first-order valence-electron chi connectivity index (χ1n) is 10.1. The number of alkyl halides is 3. The van der Waals surface area contributed by atoms with Gasteiger partial charge in [-0.15, -0.1) is 11.3 Å². The topological polar surface area (TPSA) is 93.3 Å². The Morgan fingerprint density at radius 2 is 2.09 bits per heavy atom. The average Bonchev–Trinajstić information content (AvgIpc) is 3.25. The number of hydrogen-bond acceptors (Lipinski definition) is 5. The highest BCUT2D eigenvalue weighted by Crippen LogP contribution is 2.39. The molecule has 2 aromatic heterocycles. The van der Waals surface area contributed by atoms with Crippen molar-refractivity contribution in [1.82, 2.24) is 15.3 Å². The van der Waals surface area contributed by atoms with Crippen LogP contribution in [0.1, 0.15) is 58.0 Å². The third-order valence-corrected chi connectivity index (χ3v) is 6.51. The molecule has 10 heteroatoms. The summed E-state index contributed by atoms with van der Waals surface area (Å²) in [6.45, 7) is 3.69. The molecule has 3 N–H and O–H groups in total. The minimum Gasteiger partial charge on any atom is -0.381 e. The second-order valence-electron chi connectivity index (χ2n) is 7.55. The summed E-state index contributed by atoms with van der Waals surface area (Å²) in [6, 6.07) is 3.78. The Bertz CT molecular complexity index is 1010. The molecule has 3 rings (SSSR count). The molecule has 2 heterocycles. The summed E-state index contributed by atoms with van der Waals surface area (Å²) >= 11 is 0.571. The number of allylic oxidation sites excluding steroid dienone is 2. The molecule has 32 heavy (non-hydrogen) atoms.